The Labute approximate surface area is 105 Å². The van der Waals surface area contributed by atoms with Crippen molar-refractivity contribution in [3.05, 3.63) is 0 Å². The van der Waals surface area contributed by atoms with Crippen LogP contribution < -0.4 is 5.73 Å². The smallest absolute Gasteiger partial charge is 0.0897 e. The third-order valence-electron chi connectivity index (χ3n) is 4.11. The number of β-amino-alcohol motifs (C(OH)–C–C–N with tert-alkyl or cyclic N) is 1. The molecular weight excluding hydrogens is 216 g/mol. The van der Waals surface area contributed by atoms with Gasteiger partial charge in [0.2, 0.25) is 0 Å². The van der Waals surface area contributed by atoms with Crippen molar-refractivity contribution >= 4 is 0 Å². The highest BCUT2D eigenvalue weighted by Gasteiger charge is 2.35. The van der Waals surface area contributed by atoms with E-state index in [4.69, 9.17) is 10.8 Å². The molecule has 1 atom stereocenters. The quantitative estimate of drug-likeness (QED) is 0.602. The van der Waals surface area contributed by atoms with E-state index in [1.807, 2.05) is 0 Å². The molecule has 0 aromatic carbocycles. The molecule has 1 aliphatic carbocycles. The molecule has 17 heavy (non-hydrogen) atoms. The van der Waals surface area contributed by atoms with Gasteiger partial charge in [-0.3, -0.25) is 4.90 Å². The number of rotatable bonds is 6. The average molecular weight is 244 g/mol. The zero-order valence-corrected chi connectivity index (χ0v) is 11.1. The van der Waals surface area contributed by atoms with Crippen molar-refractivity contribution in [1.82, 2.24) is 4.90 Å². The van der Waals surface area contributed by atoms with E-state index in [-0.39, 0.29) is 12.1 Å². The maximum atomic E-state index is 9.64. The Morgan fingerprint density at radius 3 is 2.24 bits per heavy atom. The molecule has 0 radical (unpaired) electrons. The van der Waals surface area contributed by atoms with Crippen molar-refractivity contribution in [1.29, 1.82) is 0 Å². The second kappa shape index (κ2) is 7.31. The Hall–Kier alpha value is -0.160. The van der Waals surface area contributed by atoms with E-state index in [0.29, 0.717) is 13.1 Å². The van der Waals surface area contributed by atoms with E-state index in [9.17, 15) is 5.11 Å². The molecule has 0 bridgehead atoms. The number of likely N-dealkylation sites (N-methyl/N-ethyl adjacent to an activating group) is 1. The summed E-state index contributed by atoms with van der Waals surface area (Å²) >= 11 is 0. The number of nitrogens with two attached hydrogens (primary N) is 1. The normalized spacial score (nSPS) is 22.4. The molecule has 0 aromatic heterocycles. The van der Waals surface area contributed by atoms with Gasteiger partial charge in [-0.1, -0.05) is 32.6 Å². The first-order valence-corrected chi connectivity index (χ1v) is 6.92. The van der Waals surface area contributed by atoms with Gasteiger partial charge in [-0.2, -0.15) is 0 Å². The molecule has 4 heteroatoms. The highest BCUT2D eigenvalue weighted by molar-refractivity contribution is 4.93. The van der Waals surface area contributed by atoms with Crippen LogP contribution in [-0.4, -0.2) is 53.0 Å². The minimum absolute atomic E-state index is 0.0431. The second-order valence-electron chi connectivity index (χ2n) is 5.22. The second-order valence-corrected chi connectivity index (χ2v) is 5.22. The fourth-order valence-corrected chi connectivity index (χ4v) is 3.01. The summed E-state index contributed by atoms with van der Waals surface area (Å²) in [6.07, 6.45) is 6.63. The summed E-state index contributed by atoms with van der Waals surface area (Å²) in [7, 11) is 0. The molecule has 4 N–H and O–H groups in total. The van der Waals surface area contributed by atoms with Crippen molar-refractivity contribution < 1.29 is 10.2 Å². The molecule has 1 aliphatic rings. The van der Waals surface area contributed by atoms with Crippen LogP contribution in [0, 0.1) is 0 Å². The maximum absolute atomic E-state index is 9.64. The predicted octanol–water partition coefficient (Wildman–Crippen LogP) is 0.713. The zero-order valence-electron chi connectivity index (χ0n) is 11.1. The lowest BCUT2D eigenvalue weighted by atomic mass is 9.87. The SMILES string of the molecule is CCN(CC(O)CO)C1(CN)CCCCCC1. The van der Waals surface area contributed by atoms with E-state index in [1.165, 1.54) is 25.7 Å². The maximum Gasteiger partial charge on any atom is 0.0897 e. The summed E-state index contributed by atoms with van der Waals surface area (Å²) in [4.78, 5) is 2.28. The summed E-state index contributed by atoms with van der Waals surface area (Å²) < 4.78 is 0. The van der Waals surface area contributed by atoms with E-state index in [2.05, 4.69) is 11.8 Å². The van der Waals surface area contributed by atoms with E-state index in [1.54, 1.807) is 0 Å². The van der Waals surface area contributed by atoms with Gasteiger partial charge in [-0.25, -0.2) is 0 Å². The number of nitrogens with zero attached hydrogens (tertiary/aromatic N) is 1. The standard InChI is InChI=1S/C13H28N2O2/c1-2-15(9-12(17)10-16)13(11-14)7-5-3-4-6-8-13/h12,16-17H,2-11,14H2,1H3. The zero-order chi connectivity index (χ0) is 12.7. The first kappa shape index (κ1) is 14.9. The molecule has 1 saturated carbocycles. The molecule has 0 aliphatic heterocycles. The van der Waals surface area contributed by atoms with Crippen LogP contribution in [0.1, 0.15) is 45.4 Å². The van der Waals surface area contributed by atoms with Crippen molar-refractivity contribution in [2.24, 2.45) is 5.73 Å². The predicted molar refractivity (Wildman–Crippen MR) is 69.8 cm³/mol. The van der Waals surface area contributed by atoms with Crippen molar-refractivity contribution in [3.8, 4) is 0 Å². The largest absolute Gasteiger partial charge is 0.394 e. The van der Waals surface area contributed by atoms with Gasteiger partial charge in [0.1, 0.15) is 0 Å². The van der Waals surface area contributed by atoms with Crippen LogP contribution in [-0.2, 0) is 0 Å². The van der Waals surface area contributed by atoms with Crippen LogP contribution in [0.15, 0.2) is 0 Å². The summed E-state index contributed by atoms with van der Waals surface area (Å²) in [5, 5.41) is 18.6. The molecule has 1 unspecified atom stereocenters. The molecule has 4 nitrogen and oxygen atoms in total. The molecule has 0 amide bonds. The molecule has 0 saturated heterocycles. The van der Waals surface area contributed by atoms with Crippen molar-refractivity contribution in [2.75, 3.05) is 26.2 Å². The van der Waals surface area contributed by atoms with Gasteiger partial charge in [0.25, 0.3) is 0 Å². The van der Waals surface area contributed by atoms with Crippen LogP contribution in [0.25, 0.3) is 0 Å². The van der Waals surface area contributed by atoms with Crippen LogP contribution in [0.2, 0.25) is 0 Å². The topological polar surface area (TPSA) is 69.7 Å². The number of aliphatic hydroxyl groups is 2. The number of hydrogen-bond donors (Lipinski definition) is 3. The van der Waals surface area contributed by atoms with Crippen LogP contribution >= 0.6 is 0 Å². The summed E-state index contributed by atoms with van der Waals surface area (Å²) in [5.41, 5.74) is 6.06. The third-order valence-corrected chi connectivity index (χ3v) is 4.11. The Balaban J connectivity index is 2.71. The van der Waals surface area contributed by atoms with Crippen LogP contribution in [0.3, 0.4) is 0 Å². The van der Waals surface area contributed by atoms with Gasteiger partial charge in [0, 0.05) is 18.6 Å². The van der Waals surface area contributed by atoms with Gasteiger partial charge < -0.3 is 15.9 Å². The minimum Gasteiger partial charge on any atom is -0.394 e. The Morgan fingerprint density at radius 2 is 1.82 bits per heavy atom. The first-order chi connectivity index (χ1) is 8.18. The molecule has 0 aromatic rings. The Kier molecular flexibility index (Phi) is 6.41. The number of hydrogen-bond acceptors (Lipinski definition) is 4. The average Bonchev–Trinajstić information content (AvgIpc) is 2.61. The Morgan fingerprint density at radius 1 is 1.24 bits per heavy atom. The van der Waals surface area contributed by atoms with Gasteiger partial charge >= 0.3 is 0 Å². The summed E-state index contributed by atoms with van der Waals surface area (Å²) in [6, 6.07) is 0. The third kappa shape index (κ3) is 3.91. The van der Waals surface area contributed by atoms with Crippen LogP contribution in [0.4, 0.5) is 0 Å². The fraction of sp³-hybridized carbons (Fsp3) is 1.00. The summed E-state index contributed by atoms with van der Waals surface area (Å²) in [5.74, 6) is 0. The van der Waals surface area contributed by atoms with Gasteiger partial charge in [-0.15, -0.1) is 0 Å². The highest BCUT2D eigenvalue weighted by Crippen LogP contribution is 2.31. The van der Waals surface area contributed by atoms with E-state index in [0.717, 1.165) is 19.4 Å². The summed E-state index contributed by atoms with van der Waals surface area (Å²) in [6.45, 7) is 4.00. The lowest BCUT2D eigenvalue weighted by Crippen LogP contribution is -2.56. The van der Waals surface area contributed by atoms with Crippen LogP contribution in [0.5, 0.6) is 0 Å². The monoisotopic (exact) mass is 244 g/mol. The lowest BCUT2D eigenvalue weighted by Gasteiger charge is -2.43. The molecule has 0 heterocycles. The van der Waals surface area contributed by atoms with E-state index >= 15 is 0 Å². The molecule has 1 rings (SSSR count). The lowest BCUT2D eigenvalue weighted by molar-refractivity contribution is 0.00833. The first-order valence-electron chi connectivity index (χ1n) is 6.92. The Bertz CT molecular complexity index is 204. The molecular formula is C13H28N2O2. The fourth-order valence-electron chi connectivity index (χ4n) is 3.01. The van der Waals surface area contributed by atoms with Crippen molar-refractivity contribution in [3.63, 3.8) is 0 Å². The number of aliphatic hydroxyl groups excluding tert-OH is 2. The molecule has 1 fully saturated rings. The van der Waals surface area contributed by atoms with Crippen molar-refractivity contribution in [2.45, 2.75) is 57.1 Å². The molecule has 0 spiro atoms. The van der Waals surface area contributed by atoms with E-state index < -0.39 is 6.10 Å². The van der Waals surface area contributed by atoms with Gasteiger partial charge in [-0.05, 0) is 19.4 Å². The minimum atomic E-state index is -0.651. The van der Waals surface area contributed by atoms with Gasteiger partial charge in [0.05, 0.1) is 12.7 Å². The molecule has 102 valence electrons. The highest BCUT2D eigenvalue weighted by atomic mass is 16.3. The van der Waals surface area contributed by atoms with Gasteiger partial charge in [0.15, 0.2) is 0 Å².